The van der Waals surface area contributed by atoms with Crippen LogP contribution >= 0.6 is 11.8 Å². The normalized spacial score (nSPS) is 11.3. The number of halogens is 1. The van der Waals surface area contributed by atoms with Crippen LogP contribution in [0.25, 0.3) is 0 Å². The first-order valence-corrected chi connectivity index (χ1v) is 8.15. The van der Waals surface area contributed by atoms with E-state index in [1.54, 1.807) is 18.2 Å². The lowest BCUT2D eigenvalue weighted by Gasteiger charge is -2.09. The number of nitrogens with one attached hydrogen (secondary N) is 1. The van der Waals surface area contributed by atoms with Crippen molar-refractivity contribution in [2.45, 2.75) is 9.79 Å². The van der Waals surface area contributed by atoms with E-state index < -0.39 is 15.8 Å². The molecule has 2 aromatic carbocycles. The van der Waals surface area contributed by atoms with E-state index in [4.69, 9.17) is 0 Å². The zero-order chi connectivity index (χ0) is 13.9. The maximum atomic E-state index is 13.4. The summed E-state index contributed by atoms with van der Waals surface area (Å²) in [6, 6.07) is 12.1. The SMILES string of the molecule is CSc1ccc(S(=O)(=O)Nc2ccccc2F)cc1. The van der Waals surface area contributed by atoms with Crippen molar-refractivity contribution in [1.29, 1.82) is 0 Å². The standard InChI is InChI=1S/C13H12FNO2S2/c1-18-10-6-8-11(9-7-10)19(16,17)15-13-5-3-2-4-12(13)14/h2-9,15H,1H3. The van der Waals surface area contributed by atoms with E-state index in [0.29, 0.717) is 0 Å². The maximum Gasteiger partial charge on any atom is 0.261 e. The van der Waals surface area contributed by atoms with Crippen LogP contribution < -0.4 is 4.72 Å². The van der Waals surface area contributed by atoms with E-state index in [1.807, 2.05) is 6.26 Å². The Morgan fingerprint density at radius 1 is 1.05 bits per heavy atom. The number of benzene rings is 2. The number of rotatable bonds is 4. The molecule has 1 N–H and O–H groups in total. The Labute approximate surface area is 115 Å². The molecule has 0 saturated carbocycles. The molecule has 0 heterocycles. The Kier molecular flexibility index (Phi) is 4.11. The Morgan fingerprint density at radius 3 is 2.26 bits per heavy atom. The second kappa shape index (κ2) is 5.63. The molecule has 2 rings (SSSR count). The quantitative estimate of drug-likeness (QED) is 0.880. The van der Waals surface area contributed by atoms with Gasteiger partial charge in [-0.3, -0.25) is 4.72 Å². The molecule has 0 fully saturated rings. The summed E-state index contributed by atoms with van der Waals surface area (Å²) in [4.78, 5) is 1.07. The summed E-state index contributed by atoms with van der Waals surface area (Å²) in [5, 5.41) is 0. The molecule has 0 radical (unpaired) electrons. The summed E-state index contributed by atoms with van der Waals surface area (Å²) in [6.45, 7) is 0. The van der Waals surface area contributed by atoms with E-state index in [1.165, 1.54) is 42.1 Å². The minimum atomic E-state index is -3.76. The zero-order valence-corrected chi connectivity index (χ0v) is 11.8. The fraction of sp³-hybridized carbons (Fsp3) is 0.0769. The molecule has 19 heavy (non-hydrogen) atoms. The fourth-order valence-electron chi connectivity index (χ4n) is 1.50. The molecule has 0 atom stereocenters. The molecule has 0 unspecified atom stereocenters. The van der Waals surface area contributed by atoms with Crippen LogP contribution in [0.3, 0.4) is 0 Å². The van der Waals surface area contributed by atoms with E-state index >= 15 is 0 Å². The van der Waals surface area contributed by atoms with Crippen molar-refractivity contribution >= 4 is 27.5 Å². The van der Waals surface area contributed by atoms with E-state index in [9.17, 15) is 12.8 Å². The van der Waals surface area contributed by atoms with Crippen molar-refractivity contribution in [2.75, 3.05) is 11.0 Å². The molecule has 6 heteroatoms. The van der Waals surface area contributed by atoms with Crippen molar-refractivity contribution in [3.63, 3.8) is 0 Å². The van der Waals surface area contributed by atoms with Crippen molar-refractivity contribution in [3.05, 3.63) is 54.3 Å². The Hall–Kier alpha value is -1.53. The molecule has 0 bridgehead atoms. The molecule has 3 nitrogen and oxygen atoms in total. The van der Waals surface area contributed by atoms with Gasteiger partial charge in [-0.25, -0.2) is 12.8 Å². The third-order valence-electron chi connectivity index (χ3n) is 2.49. The van der Waals surface area contributed by atoms with Crippen LogP contribution in [0.2, 0.25) is 0 Å². The van der Waals surface area contributed by atoms with Crippen LogP contribution in [0.4, 0.5) is 10.1 Å². The van der Waals surface area contributed by atoms with Gasteiger partial charge in [0.15, 0.2) is 0 Å². The highest BCUT2D eigenvalue weighted by molar-refractivity contribution is 7.98. The van der Waals surface area contributed by atoms with Crippen molar-refractivity contribution < 1.29 is 12.8 Å². The van der Waals surface area contributed by atoms with Crippen LogP contribution in [0, 0.1) is 5.82 Å². The van der Waals surface area contributed by atoms with E-state index in [2.05, 4.69) is 4.72 Å². The van der Waals surface area contributed by atoms with Gasteiger partial charge in [-0.2, -0.15) is 0 Å². The number of hydrogen-bond acceptors (Lipinski definition) is 3. The topological polar surface area (TPSA) is 46.2 Å². The first-order valence-electron chi connectivity index (χ1n) is 5.44. The van der Waals surface area contributed by atoms with Crippen molar-refractivity contribution in [2.24, 2.45) is 0 Å². The summed E-state index contributed by atoms with van der Waals surface area (Å²) >= 11 is 1.52. The van der Waals surface area contributed by atoms with Gasteiger partial charge >= 0.3 is 0 Å². The fourth-order valence-corrected chi connectivity index (χ4v) is 2.98. The molecule has 2 aromatic rings. The van der Waals surface area contributed by atoms with Crippen LogP contribution in [-0.2, 0) is 10.0 Å². The average Bonchev–Trinajstić information content (AvgIpc) is 2.41. The van der Waals surface area contributed by atoms with Crippen LogP contribution in [0.15, 0.2) is 58.3 Å². The zero-order valence-electron chi connectivity index (χ0n) is 10.1. The summed E-state index contributed by atoms with van der Waals surface area (Å²) in [5.41, 5.74) is -0.0588. The van der Waals surface area contributed by atoms with E-state index in [-0.39, 0.29) is 10.6 Å². The predicted octanol–water partition coefficient (Wildman–Crippen LogP) is 3.35. The van der Waals surface area contributed by atoms with Gasteiger partial charge in [0.05, 0.1) is 10.6 Å². The smallest absolute Gasteiger partial charge is 0.261 e. The highest BCUT2D eigenvalue weighted by Gasteiger charge is 2.15. The first-order chi connectivity index (χ1) is 9.03. The maximum absolute atomic E-state index is 13.4. The van der Waals surface area contributed by atoms with Crippen molar-refractivity contribution in [3.8, 4) is 0 Å². The number of thioether (sulfide) groups is 1. The predicted molar refractivity (Wildman–Crippen MR) is 75.4 cm³/mol. The lowest BCUT2D eigenvalue weighted by molar-refractivity contribution is 0.598. The van der Waals surface area contributed by atoms with Crippen molar-refractivity contribution in [1.82, 2.24) is 0 Å². The monoisotopic (exact) mass is 297 g/mol. The Bertz CT molecular complexity index is 669. The minimum absolute atomic E-state index is 0.0588. The summed E-state index contributed by atoms with van der Waals surface area (Å²) in [7, 11) is -3.76. The summed E-state index contributed by atoms with van der Waals surface area (Å²) in [5.74, 6) is -0.605. The molecule has 0 saturated heterocycles. The highest BCUT2D eigenvalue weighted by atomic mass is 32.2. The second-order valence-corrected chi connectivity index (χ2v) is 6.32. The third-order valence-corrected chi connectivity index (χ3v) is 4.61. The van der Waals surface area contributed by atoms with Gasteiger partial charge in [0.2, 0.25) is 0 Å². The lowest BCUT2D eigenvalue weighted by Crippen LogP contribution is -2.13. The largest absolute Gasteiger partial charge is 0.277 e. The number of anilines is 1. The molecular weight excluding hydrogens is 285 g/mol. The number of para-hydroxylation sites is 1. The second-order valence-electron chi connectivity index (χ2n) is 3.76. The molecule has 0 aliphatic heterocycles. The molecule has 0 amide bonds. The molecule has 0 aliphatic rings. The van der Waals surface area contributed by atoms with E-state index in [0.717, 1.165) is 4.90 Å². The Balaban J connectivity index is 2.30. The Morgan fingerprint density at radius 2 is 1.68 bits per heavy atom. The van der Waals surface area contributed by atoms with Gasteiger partial charge in [-0.1, -0.05) is 12.1 Å². The summed E-state index contributed by atoms with van der Waals surface area (Å²) in [6.07, 6.45) is 1.90. The molecule has 100 valence electrons. The highest BCUT2D eigenvalue weighted by Crippen LogP contribution is 2.21. The first kappa shape index (κ1) is 13.9. The molecular formula is C13H12FNO2S2. The van der Waals surface area contributed by atoms with Gasteiger partial charge < -0.3 is 0 Å². The lowest BCUT2D eigenvalue weighted by atomic mass is 10.3. The molecule has 0 spiro atoms. The van der Waals surface area contributed by atoms with Gasteiger partial charge in [0, 0.05) is 4.90 Å². The van der Waals surface area contributed by atoms with Crippen LogP contribution in [-0.4, -0.2) is 14.7 Å². The number of hydrogen-bond donors (Lipinski definition) is 1. The van der Waals surface area contributed by atoms with Gasteiger partial charge in [0.25, 0.3) is 10.0 Å². The third kappa shape index (κ3) is 3.27. The molecule has 0 aromatic heterocycles. The molecule has 0 aliphatic carbocycles. The van der Waals surface area contributed by atoms with Crippen LogP contribution in [0.5, 0.6) is 0 Å². The van der Waals surface area contributed by atoms with Crippen LogP contribution in [0.1, 0.15) is 0 Å². The number of sulfonamides is 1. The van der Waals surface area contributed by atoms with Gasteiger partial charge in [-0.05, 0) is 42.7 Å². The van der Waals surface area contributed by atoms with Gasteiger partial charge in [0.1, 0.15) is 5.82 Å². The van der Waals surface area contributed by atoms with Gasteiger partial charge in [-0.15, -0.1) is 11.8 Å². The summed E-state index contributed by atoms with van der Waals surface area (Å²) < 4.78 is 39.8. The minimum Gasteiger partial charge on any atom is -0.277 e. The average molecular weight is 297 g/mol.